The third-order valence-corrected chi connectivity index (χ3v) is 9.19. The highest BCUT2D eigenvalue weighted by Crippen LogP contribution is 2.52. The van der Waals surface area contributed by atoms with Crippen molar-refractivity contribution in [3.05, 3.63) is 138 Å². The molecule has 0 amide bonds. The predicted molar refractivity (Wildman–Crippen MR) is 187 cm³/mol. The molecule has 0 saturated carbocycles. The summed E-state index contributed by atoms with van der Waals surface area (Å²) < 4.78 is 0. The Kier molecular flexibility index (Phi) is 7.20. The highest BCUT2D eigenvalue weighted by atomic mass is 14.9. The average Bonchev–Trinajstić information content (AvgIpc) is 3.31. The zero-order chi connectivity index (χ0) is 31.3. The highest BCUT2D eigenvalue weighted by Gasteiger charge is 2.37. The monoisotopic (exact) mass is 585 g/mol. The Morgan fingerprint density at radius 2 is 1.13 bits per heavy atom. The number of benzene rings is 4. The zero-order valence-electron chi connectivity index (χ0n) is 27.0. The number of hydrogen-bond donors (Lipinski definition) is 0. The lowest BCUT2D eigenvalue weighted by Gasteiger charge is -2.24. The molecule has 0 radical (unpaired) electrons. The molecule has 7 rings (SSSR count). The Balaban J connectivity index is 1.36. The minimum atomic E-state index is -0.143. The van der Waals surface area contributed by atoms with Gasteiger partial charge in [0.1, 0.15) is 0 Å². The van der Waals surface area contributed by atoms with Crippen LogP contribution in [0.15, 0.2) is 115 Å². The maximum Gasteiger partial charge on any atom is 0.160 e. The number of nitrogens with zero attached hydrogens (tertiary/aromatic N) is 3. The molecule has 3 heteroatoms. The highest BCUT2D eigenvalue weighted by molar-refractivity contribution is 5.88. The maximum absolute atomic E-state index is 5.20. The molecule has 0 spiro atoms. The molecule has 0 bridgehead atoms. The first-order valence-corrected chi connectivity index (χ1v) is 16.0. The van der Waals surface area contributed by atoms with Gasteiger partial charge in [0, 0.05) is 33.4 Å². The lowest BCUT2D eigenvalue weighted by Crippen LogP contribution is -2.16. The largest absolute Gasteiger partial charge is 0.257 e. The van der Waals surface area contributed by atoms with Gasteiger partial charge in [0.25, 0.3) is 0 Å². The van der Waals surface area contributed by atoms with E-state index in [1.165, 1.54) is 33.4 Å². The molecular weight excluding hydrogens is 546 g/mol. The number of hydrogen-bond acceptors (Lipinski definition) is 3. The fourth-order valence-electron chi connectivity index (χ4n) is 6.83. The quantitative estimate of drug-likeness (QED) is 0.195. The first-order chi connectivity index (χ1) is 21.7. The van der Waals surface area contributed by atoms with Crippen LogP contribution in [0.3, 0.4) is 0 Å². The van der Waals surface area contributed by atoms with Gasteiger partial charge in [-0.05, 0) is 51.8 Å². The van der Waals surface area contributed by atoms with Gasteiger partial charge < -0.3 is 0 Å². The molecule has 0 unspecified atom stereocenters. The molecule has 1 aliphatic carbocycles. The molecule has 0 N–H and O–H groups in total. The second-order valence-electron chi connectivity index (χ2n) is 13.3. The van der Waals surface area contributed by atoms with Crippen LogP contribution < -0.4 is 0 Å². The van der Waals surface area contributed by atoms with E-state index < -0.39 is 0 Å². The van der Waals surface area contributed by atoms with Gasteiger partial charge in [-0.2, -0.15) is 0 Å². The average molecular weight is 586 g/mol. The molecule has 4 aromatic carbocycles. The summed E-state index contributed by atoms with van der Waals surface area (Å²) in [5.41, 5.74) is 14.9. The van der Waals surface area contributed by atoms with E-state index in [1.807, 2.05) is 18.2 Å². The molecule has 3 nitrogen and oxygen atoms in total. The van der Waals surface area contributed by atoms with Crippen molar-refractivity contribution in [2.24, 2.45) is 0 Å². The molecule has 0 fully saturated rings. The van der Waals surface area contributed by atoms with Crippen molar-refractivity contribution in [1.82, 2.24) is 15.0 Å². The van der Waals surface area contributed by atoms with Crippen LogP contribution in [0, 0.1) is 0 Å². The van der Waals surface area contributed by atoms with Crippen LogP contribution >= 0.6 is 0 Å². The minimum Gasteiger partial charge on any atom is -0.257 e. The van der Waals surface area contributed by atoms with Crippen molar-refractivity contribution in [1.29, 1.82) is 0 Å². The van der Waals surface area contributed by atoms with E-state index in [0.717, 1.165) is 45.3 Å². The Bertz CT molecular complexity index is 2020. The summed E-state index contributed by atoms with van der Waals surface area (Å²) in [6.45, 7) is 13.5. The van der Waals surface area contributed by atoms with Crippen LogP contribution in [0.25, 0.3) is 56.2 Å². The summed E-state index contributed by atoms with van der Waals surface area (Å²) in [7, 11) is 0. The molecule has 2 heterocycles. The summed E-state index contributed by atoms with van der Waals surface area (Å²) in [6, 6.07) is 41.1. The third-order valence-electron chi connectivity index (χ3n) is 9.19. The van der Waals surface area contributed by atoms with E-state index in [2.05, 4.69) is 139 Å². The first kappa shape index (κ1) is 28.9. The lowest BCUT2D eigenvalue weighted by atomic mass is 9.79. The summed E-state index contributed by atoms with van der Waals surface area (Å²) in [5, 5.41) is 0. The molecule has 1 aliphatic rings. The van der Waals surface area contributed by atoms with Crippen LogP contribution in [-0.4, -0.2) is 15.0 Å². The molecule has 6 aromatic rings. The predicted octanol–water partition coefficient (Wildman–Crippen LogP) is 11.1. The fourth-order valence-corrected chi connectivity index (χ4v) is 6.83. The van der Waals surface area contributed by atoms with E-state index >= 15 is 0 Å². The van der Waals surface area contributed by atoms with Crippen LogP contribution in [0.2, 0.25) is 0 Å². The summed E-state index contributed by atoms with van der Waals surface area (Å²) >= 11 is 0. The normalized spacial score (nSPS) is 13.2. The van der Waals surface area contributed by atoms with Gasteiger partial charge in [-0.3, -0.25) is 4.98 Å². The van der Waals surface area contributed by atoms with Crippen molar-refractivity contribution in [3.63, 3.8) is 0 Å². The number of rotatable bonds is 6. The Labute approximate surface area is 267 Å². The zero-order valence-corrected chi connectivity index (χ0v) is 27.0. The van der Waals surface area contributed by atoms with Gasteiger partial charge in [0.05, 0.1) is 17.1 Å². The standard InChI is InChI=1S/C42H39N3/c1-26(2)36-24-23-31(40(43-36)27(3)4)28-19-21-29(22-20-28)37-25-38(45-41(44-37)30-13-8-7-9-14-30)34-17-12-16-33-32-15-10-11-18-35(32)42(5,6)39(33)34/h7-27H,1-6H3. The summed E-state index contributed by atoms with van der Waals surface area (Å²) in [5.74, 6) is 1.46. The fraction of sp³-hybridized carbons (Fsp3) is 0.214. The SMILES string of the molecule is CC(C)c1ccc(-c2ccc(-c3cc(-c4cccc5c4C(C)(C)c4ccccc4-5)nc(-c4ccccc4)n3)cc2)c(C(C)C)n1. The Morgan fingerprint density at radius 3 is 1.87 bits per heavy atom. The third kappa shape index (κ3) is 5.07. The lowest BCUT2D eigenvalue weighted by molar-refractivity contribution is 0.662. The van der Waals surface area contributed by atoms with E-state index in [0.29, 0.717) is 11.8 Å². The molecule has 2 aromatic heterocycles. The summed E-state index contributed by atoms with van der Waals surface area (Å²) in [4.78, 5) is 15.4. The molecule has 0 aliphatic heterocycles. The molecule has 45 heavy (non-hydrogen) atoms. The van der Waals surface area contributed by atoms with Gasteiger partial charge in [-0.15, -0.1) is 0 Å². The van der Waals surface area contributed by atoms with Crippen molar-refractivity contribution >= 4 is 0 Å². The van der Waals surface area contributed by atoms with Gasteiger partial charge in [-0.25, -0.2) is 9.97 Å². The van der Waals surface area contributed by atoms with Crippen molar-refractivity contribution in [2.75, 3.05) is 0 Å². The topological polar surface area (TPSA) is 38.7 Å². The Hall–Kier alpha value is -4.89. The van der Waals surface area contributed by atoms with Gasteiger partial charge in [-0.1, -0.05) is 145 Å². The number of aromatic nitrogens is 3. The smallest absolute Gasteiger partial charge is 0.160 e. The van der Waals surface area contributed by atoms with Crippen LogP contribution in [0.1, 0.15) is 75.9 Å². The van der Waals surface area contributed by atoms with E-state index in [-0.39, 0.29) is 5.41 Å². The second-order valence-corrected chi connectivity index (χ2v) is 13.3. The Morgan fingerprint density at radius 1 is 0.489 bits per heavy atom. The van der Waals surface area contributed by atoms with Crippen molar-refractivity contribution in [2.45, 2.75) is 58.8 Å². The first-order valence-electron chi connectivity index (χ1n) is 16.0. The van der Waals surface area contributed by atoms with Gasteiger partial charge in [0.2, 0.25) is 0 Å². The minimum absolute atomic E-state index is 0.143. The van der Waals surface area contributed by atoms with Crippen LogP contribution in [-0.2, 0) is 5.41 Å². The van der Waals surface area contributed by atoms with E-state index in [1.54, 1.807) is 0 Å². The van der Waals surface area contributed by atoms with Gasteiger partial charge >= 0.3 is 0 Å². The van der Waals surface area contributed by atoms with Crippen molar-refractivity contribution in [3.8, 4) is 56.2 Å². The molecule has 0 saturated heterocycles. The number of pyridine rings is 1. The summed E-state index contributed by atoms with van der Waals surface area (Å²) in [6.07, 6.45) is 0. The second kappa shape index (κ2) is 11.2. The molecule has 0 atom stereocenters. The molecule has 222 valence electrons. The van der Waals surface area contributed by atoms with Crippen LogP contribution in [0.4, 0.5) is 0 Å². The molecular formula is C42H39N3. The van der Waals surface area contributed by atoms with E-state index in [4.69, 9.17) is 15.0 Å². The van der Waals surface area contributed by atoms with Crippen LogP contribution in [0.5, 0.6) is 0 Å². The maximum atomic E-state index is 5.20. The van der Waals surface area contributed by atoms with E-state index in [9.17, 15) is 0 Å². The number of fused-ring (bicyclic) bond motifs is 3. The van der Waals surface area contributed by atoms with Gasteiger partial charge in [0.15, 0.2) is 5.82 Å². The van der Waals surface area contributed by atoms with Crippen molar-refractivity contribution < 1.29 is 0 Å².